The van der Waals surface area contributed by atoms with Crippen LogP contribution in [0.25, 0.3) is 0 Å². The molecule has 0 aliphatic carbocycles. The van der Waals surface area contributed by atoms with E-state index in [0.717, 1.165) is 62.3 Å². The predicted molar refractivity (Wildman–Crippen MR) is 126 cm³/mol. The average molecular weight is 436 g/mol. The van der Waals surface area contributed by atoms with Crippen LogP contribution in [0.4, 0.5) is 5.69 Å². The first-order chi connectivity index (χ1) is 15.6. The second-order valence-electron chi connectivity index (χ2n) is 8.82. The van der Waals surface area contributed by atoms with Gasteiger partial charge in [-0.1, -0.05) is 12.1 Å². The standard InChI is InChI=1S/C26H33N3O3/c1-19-7-5-6-16-29(19)26(31)23-8-3-4-9-24(23)28-17-14-21(15-18-28)27-25(30)20-10-12-22(32-2)13-11-20/h3-4,8-13,19,21H,5-7,14-18H2,1-2H3,(H,27,30)/t19-/m0/s1. The van der Waals surface area contributed by atoms with Gasteiger partial charge < -0.3 is 19.9 Å². The van der Waals surface area contributed by atoms with Gasteiger partial charge in [0, 0.05) is 43.0 Å². The average Bonchev–Trinajstić information content (AvgIpc) is 2.84. The molecule has 2 aliphatic rings. The second-order valence-corrected chi connectivity index (χ2v) is 8.82. The summed E-state index contributed by atoms with van der Waals surface area (Å²) in [6, 6.07) is 15.6. The van der Waals surface area contributed by atoms with Crippen LogP contribution < -0.4 is 15.0 Å². The van der Waals surface area contributed by atoms with Crippen LogP contribution in [0, 0.1) is 0 Å². The third kappa shape index (κ3) is 4.90. The Kier molecular flexibility index (Phi) is 6.98. The van der Waals surface area contributed by atoms with Gasteiger partial charge in [-0.05, 0) is 75.4 Å². The third-order valence-electron chi connectivity index (χ3n) is 6.72. The maximum absolute atomic E-state index is 13.3. The number of ether oxygens (including phenoxy) is 1. The lowest BCUT2D eigenvalue weighted by Gasteiger charge is -2.37. The molecule has 2 saturated heterocycles. The zero-order valence-corrected chi connectivity index (χ0v) is 19.0. The van der Waals surface area contributed by atoms with E-state index < -0.39 is 0 Å². The van der Waals surface area contributed by atoms with Crippen LogP contribution in [0.15, 0.2) is 48.5 Å². The lowest BCUT2D eigenvalue weighted by molar-refractivity contribution is 0.0636. The molecule has 2 fully saturated rings. The van der Waals surface area contributed by atoms with Crippen molar-refractivity contribution in [2.75, 3.05) is 31.6 Å². The van der Waals surface area contributed by atoms with E-state index in [2.05, 4.69) is 23.2 Å². The Morgan fingerprint density at radius 2 is 1.66 bits per heavy atom. The normalized spacial score (nSPS) is 19.5. The minimum absolute atomic E-state index is 0.0548. The number of likely N-dealkylation sites (tertiary alicyclic amines) is 1. The highest BCUT2D eigenvalue weighted by Crippen LogP contribution is 2.28. The Morgan fingerprint density at radius 3 is 2.34 bits per heavy atom. The molecule has 2 aliphatic heterocycles. The monoisotopic (exact) mass is 435 g/mol. The molecule has 2 heterocycles. The van der Waals surface area contributed by atoms with Gasteiger partial charge >= 0.3 is 0 Å². The number of nitrogens with one attached hydrogen (secondary N) is 1. The van der Waals surface area contributed by atoms with Crippen molar-refractivity contribution < 1.29 is 14.3 Å². The summed E-state index contributed by atoms with van der Waals surface area (Å²) < 4.78 is 5.16. The van der Waals surface area contributed by atoms with E-state index in [1.807, 2.05) is 23.1 Å². The minimum Gasteiger partial charge on any atom is -0.497 e. The molecule has 1 N–H and O–H groups in total. The lowest BCUT2D eigenvalue weighted by Crippen LogP contribution is -2.46. The summed E-state index contributed by atoms with van der Waals surface area (Å²) in [5, 5.41) is 3.16. The maximum Gasteiger partial charge on any atom is 0.256 e. The SMILES string of the molecule is COc1ccc(C(=O)NC2CCN(c3ccccc3C(=O)N3CCCC[C@@H]3C)CC2)cc1. The smallest absolute Gasteiger partial charge is 0.256 e. The van der Waals surface area contributed by atoms with Gasteiger partial charge in [0.15, 0.2) is 0 Å². The summed E-state index contributed by atoms with van der Waals surface area (Å²) in [6.45, 7) is 4.62. The zero-order chi connectivity index (χ0) is 22.5. The second kappa shape index (κ2) is 10.1. The summed E-state index contributed by atoms with van der Waals surface area (Å²) in [5.41, 5.74) is 2.44. The van der Waals surface area contributed by atoms with E-state index in [-0.39, 0.29) is 17.9 Å². The largest absolute Gasteiger partial charge is 0.497 e. The highest BCUT2D eigenvalue weighted by Gasteiger charge is 2.28. The van der Waals surface area contributed by atoms with Crippen molar-refractivity contribution in [2.24, 2.45) is 0 Å². The molecular formula is C26H33N3O3. The first-order valence-corrected chi connectivity index (χ1v) is 11.7. The van der Waals surface area contributed by atoms with Gasteiger partial charge in [0.1, 0.15) is 5.75 Å². The summed E-state index contributed by atoms with van der Waals surface area (Å²) in [5.74, 6) is 0.825. The first kappa shape index (κ1) is 22.2. The molecule has 1 atom stereocenters. The van der Waals surface area contributed by atoms with Crippen molar-refractivity contribution in [3.8, 4) is 5.75 Å². The Morgan fingerprint density at radius 1 is 0.938 bits per heavy atom. The fourth-order valence-electron chi connectivity index (χ4n) is 4.76. The van der Waals surface area contributed by atoms with Crippen LogP contribution in [0.2, 0.25) is 0 Å². The van der Waals surface area contributed by atoms with E-state index in [0.29, 0.717) is 11.6 Å². The van der Waals surface area contributed by atoms with Crippen molar-refractivity contribution in [3.05, 3.63) is 59.7 Å². The number of carbonyl (C=O) groups is 2. The Labute approximate surface area is 190 Å². The molecule has 170 valence electrons. The first-order valence-electron chi connectivity index (χ1n) is 11.7. The van der Waals surface area contributed by atoms with Gasteiger partial charge in [-0.15, -0.1) is 0 Å². The minimum atomic E-state index is -0.0548. The fraction of sp³-hybridized carbons (Fsp3) is 0.462. The molecule has 0 spiro atoms. The molecule has 0 aromatic heterocycles. The van der Waals surface area contributed by atoms with Crippen LogP contribution in [-0.2, 0) is 0 Å². The molecule has 6 heteroatoms. The summed E-state index contributed by atoms with van der Waals surface area (Å²) in [4.78, 5) is 30.2. The molecule has 32 heavy (non-hydrogen) atoms. The topological polar surface area (TPSA) is 61.9 Å². The van der Waals surface area contributed by atoms with Crippen LogP contribution in [0.5, 0.6) is 5.75 Å². The molecule has 0 unspecified atom stereocenters. The van der Waals surface area contributed by atoms with Crippen molar-refractivity contribution >= 4 is 17.5 Å². The third-order valence-corrected chi connectivity index (χ3v) is 6.72. The number of rotatable bonds is 5. The predicted octanol–water partition coefficient (Wildman–Crippen LogP) is 4.11. The van der Waals surface area contributed by atoms with Crippen molar-refractivity contribution in [3.63, 3.8) is 0 Å². The quantitative estimate of drug-likeness (QED) is 0.768. The zero-order valence-electron chi connectivity index (χ0n) is 19.0. The number of amides is 2. The number of hydrogen-bond acceptors (Lipinski definition) is 4. The number of hydrogen-bond donors (Lipinski definition) is 1. The van der Waals surface area contributed by atoms with Gasteiger partial charge in [-0.3, -0.25) is 9.59 Å². The van der Waals surface area contributed by atoms with Crippen molar-refractivity contribution in [1.82, 2.24) is 10.2 Å². The van der Waals surface area contributed by atoms with Gasteiger partial charge in [0.05, 0.1) is 12.7 Å². The Bertz CT molecular complexity index is 936. The van der Waals surface area contributed by atoms with Crippen LogP contribution >= 0.6 is 0 Å². The van der Waals surface area contributed by atoms with E-state index in [9.17, 15) is 9.59 Å². The van der Waals surface area contributed by atoms with E-state index >= 15 is 0 Å². The number of carbonyl (C=O) groups excluding carboxylic acids is 2. The highest BCUT2D eigenvalue weighted by molar-refractivity contribution is 6.00. The van der Waals surface area contributed by atoms with E-state index in [1.165, 1.54) is 6.42 Å². The van der Waals surface area contributed by atoms with Gasteiger partial charge in [0.2, 0.25) is 0 Å². The van der Waals surface area contributed by atoms with Crippen LogP contribution in [-0.4, -0.2) is 55.5 Å². The summed E-state index contributed by atoms with van der Waals surface area (Å²) in [6.07, 6.45) is 5.06. The molecule has 2 amide bonds. The molecule has 2 aromatic rings. The van der Waals surface area contributed by atoms with E-state index in [4.69, 9.17) is 4.74 Å². The van der Waals surface area contributed by atoms with Crippen molar-refractivity contribution in [1.29, 1.82) is 0 Å². The molecule has 0 bridgehead atoms. The molecule has 0 saturated carbocycles. The number of para-hydroxylation sites is 1. The van der Waals surface area contributed by atoms with Crippen LogP contribution in [0.3, 0.4) is 0 Å². The van der Waals surface area contributed by atoms with E-state index in [1.54, 1.807) is 31.4 Å². The fourth-order valence-corrected chi connectivity index (χ4v) is 4.76. The molecule has 6 nitrogen and oxygen atoms in total. The van der Waals surface area contributed by atoms with Crippen LogP contribution in [0.1, 0.15) is 59.7 Å². The summed E-state index contributed by atoms with van der Waals surface area (Å²) in [7, 11) is 1.61. The number of piperidine rings is 2. The van der Waals surface area contributed by atoms with Gasteiger partial charge in [-0.25, -0.2) is 0 Å². The Balaban J connectivity index is 1.38. The Hall–Kier alpha value is -3.02. The van der Waals surface area contributed by atoms with Gasteiger partial charge in [0.25, 0.3) is 11.8 Å². The molecule has 2 aromatic carbocycles. The van der Waals surface area contributed by atoms with Gasteiger partial charge in [-0.2, -0.15) is 0 Å². The molecular weight excluding hydrogens is 402 g/mol. The number of methoxy groups -OCH3 is 1. The summed E-state index contributed by atoms with van der Waals surface area (Å²) >= 11 is 0. The maximum atomic E-state index is 13.3. The van der Waals surface area contributed by atoms with Crippen molar-refractivity contribution in [2.45, 2.75) is 51.1 Å². The molecule has 0 radical (unpaired) electrons. The molecule has 4 rings (SSSR count). The lowest BCUT2D eigenvalue weighted by atomic mass is 9.99. The number of benzene rings is 2. The number of anilines is 1. The number of nitrogens with zero attached hydrogens (tertiary/aromatic N) is 2. The highest BCUT2D eigenvalue weighted by atomic mass is 16.5.